The Labute approximate surface area is 64.8 Å². The van der Waals surface area contributed by atoms with Crippen molar-refractivity contribution in [1.82, 2.24) is 15.0 Å². The fourth-order valence-electron chi connectivity index (χ4n) is 1.51. The van der Waals surface area contributed by atoms with Crippen LogP contribution in [0.2, 0.25) is 0 Å². The Morgan fingerprint density at radius 3 is 3.27 bits per heavy atom. The average molecular weight is 153 g/mol. The maximum atomic E-state index is 9.29. The lowest BCUT2D eigenvalue weighted by Crippen LogP contribution is -2.19. The number of aliphatic hydroxyl groups excluding tert-OH is 1. The third-order valence-corrected chi connectivity index (χ3v) is 2.17. The minimum Gasteiger partial charge on any atom is -0.393 e. The predicted octanol–water partition coefficient (Wildman–Crippen LogP) is -0.335. The molecule has 1 unspecified atom stereocenters. The second kappa shape index (κ2) is 2.30. The van der Waals surface area contributed by atoms with Crippen molar-refractivity contribution in [3.8, 4) is 0 Å². The molecule has 0 saturated carbocycles. The molecule has 2 rings (SSSR count). The minimum atomic E-state index is -0.209. The fourth-order valence-corrected chi connectivity index (χ4v) is 1.51. The normalized spacial score (nSPS) is 23.3. The largest absolute Gasteiger partial charge is 0.393 e. The number of hydrogen-bond acceptors (Lipinski definition) is 3. The molecule has 1 aromatic rings. The van der Waals surface area contributed by atoms with Crippen LogP contribution in [0.15, 0.2) is 0 Å². The van der Waals surface area contributed by atoms with Crippen LogP contribution in [0, 0.1) is 0 Å². The molecule has 0 radical (unpaired) electrons. The van der Waals surface area contributed by atoms with Gasteiger partial charge in [0.05, 0.1) is 17.5 Å². The monoisotopic (exact) mass is 153 g/mol. The van der Waals surface area contributed by atoms with Crippen LogP contribution in [0.4, 0.5) is 0 Å². The SMILES string of the molecule is Cn1nnc2c1CCC(O)C2. The fraction of sp³-hybridized carbons (Fsp3) is 0.714. The van der Waals surface area contributed by atoms with Crippen molar-refractivity contribution in [2.75, 3.05) is 0 Å². The Kier molecular flexibility index (Phi) is 1.42. The first-order valence-electron chi connectivity index (χ1n) is 3.83. The van der Waals surface area contributed by atoms with Crippen molar-refractivity contribution in [2.45, 2.75) is 25.4 Å². The molecule has 0 aliphatic heterocycles. The van der Waals surface area contributed by atoms with E-state index in [2.05, 4.69) is 10.3 Å². The van der Waals surface area contributed by atoms with Crippen molar-refractivity contribution in [3.63, 3.8) is 0 Å². The molecule has 0 spiro atoms. The molecule has 1 aliphatic carbocycles. The number of aryl methyl sites for hydroxylation is 1. The zero-order valence-electron chi connectivity index (χ0n) is 6.49. The van der Waals surface area contributed by atoms with Crippen LogP contribution in [-0.4, -0.2) is 26.2 Å². The first kappa shape index (κ1) is 6.79. The third kappa shape index (κ3) is 1.03. The summed E-state index contributed by atoms with van der Waals surface area (Å²) in [6.45, 7) is 0. The molecule has 1 heterocycles. The van der Waals surface area contributed by atoms with E-state index in [4.69, 9.17) is 0 Å². The lowest BCUT2D eigenvalue weighted by atomic mass is 9.98. The van der Waals surface area contributed by atoms with Crippen LogP contribution in [0.3, 0.4) is 0 Å². The number of aromatic nitrogens is 3. The molecular weight excluding hydrogens is 142 g/mol. The molecule has 0 amide bonds. The summed E-state index contributed by atoms with van der Waals surface area (Å²) in [7, 11) is 1.89. The maximum absolute atomic E-state index is 9.29. The van der Waals surface area contributed by atoms with Gasteiger partial charge in [0.1, 0.15) is 0 Å². The van der Waals surface area contributed by atoms with Gasteiger partial charge >= 0.3 is 0 Å². The number of nitrogens with zero attached hydrogens (tertiary/aromatic N) is 3. The molecule has 0 bridgehead atoms. The van der Waals surface area contributed by atoms with Crippen LogP contribution < -0.4 is 0 Å². The molecule has 1 atom stereocenters. The zero-order chi connectivity index (χ0) is 7.84. The molecule has 4 heteroatoms. The first-order valence-corrected chi connectivity index (χ1v) is 3.83. The highest BCUT2D eigenvalue weighted by Crippen LogP contribution is 2.17. The van der Waals surface area contributed by atoms with E-state index in [0.717, 1.165) is 18.5 Å². The maximum Gasteiger partial charge on any atom is 0.0884 e. The van der Waals surface area contributed by atoms with E-state index in [1.165, 1.54) is 5.69 Å². The molecule has 60 valence electrons. The van der Waals surface area contributed by atoms with Gasteiger partial charge in [-0.3, -0.25) is 4.68 Å². The minimum absolute atomic E-state index is 0.209. The topological polar surface area (TPSA) is 50.9 Å². The van der Waals surface area contributed by atoms with Crippen LogP contribution >= 0.6 is 0 Å². The van der Waals surface area contributed by atoms with E-state index in [9.17, 15) is 5.11 Å². The Hall–Kier alpha value is -0.900. The number of fused-ring (bicyclic) bond motifs is 1. The van der Waals surface area contributed by atoms with Gasteiger partial charge in [0.25, 0.3) is 0 Å². The van der Waals surface area contributed by atoms with Crippen molar-refractivity contribution in [2.24, 2.45) is 7.05 Å². The number of hydrogen-bond donors (Lipinski definition) is 1. The summed E-state index contributed by atoms with van der Waals surface area (Å²) >= 11 is 0. The molecule has 0 aromatic carbocycles. The molecule has 0 fully saturated rings. The van der Waals surface area contributed by atoms with Crippen LogP contribution in [-0.2, 0) is 19.9 Å². The second-order valence-electron chi connectivity index (χ2n) is 3.00. The van der Waals surface area contributed by atoms with Gasteiger partial charge < -0.3 is 5.11 Å². The highest BCUT2D eigenvalue weighted by molar-refractivity contribution is 5.14. The Morgan fingerprint density at radius 2 is 2.45 bits per heavy atom. The van der Waals surface area contributed by atoms with Crippen molar-refractivity contribution < 1.29 is 5.11 Å². The van der Waals surface area contributed by atoms with Crippen LogP contribution in [0.5, 0.6) is 0 Å². The summed E-state index contributed by atoms with van der Waals surface area (Å²) < 4.78 is 1.79. The summed E-state index contributed by atoms with van der Waals surface area (Å²) in [4.78, 5) is 0. The van der Waals surface area contributed by atoms with E-state index >= 15 is 0 Å². The van der Waals surface area contributed by atoms with Gasteiger partial charge in [-0.2, -0.15) is 0 Å². The molecule has 11 heavy (non-hydrogen) atoms. The van der Waals surface area contributed by atoms with Crippen molar-refractivity contribution in [3.05, 3.63) is 11.4 Å². The lowest BCUT2D eigenvalue weighted by Gasteiger charge is -2.15. The van der Waals surface area contributed by atoms with Gasteiger partial charge in [-0.05, 0) is 12.8 Å². The first-order chi connectivity index (χ1) is 5.27. The van der Waals surface area contributed by atoms with E-state index in [1.807, 2.05) is 7.05 Å². The van der Waals surface area contributed by atoms with E-state index in [1.54, 1.807) is 4.68 Å². The van der Waals surface area contributed by atoms with E-state index in [0.29, 0.717) is 6.42 Å². The summed E-state index contributed by atoms with van der Waals surface area (Å²) in [5.74, 6) is 0. The predicted molar refractivity (Wildman–Crippen MR) is 39.0 cm³/mol. The summed E-state index contributed by atoms with van der Waals surface area (Å²) in [6, 6.07) is 0. The zero-order valence-corrected chi connectivity index (χ0v) is 6.49. The standard InChI is InChI=1S/C7H11N3O/c1-10-7-3-2-5(11)4-6(7)8-9-10/h5,11H,2-4H2,1H3. The Balaban J connectivity index is 2.36. The van der Waals surface area contributed by atoms with E-state index < -0.39 is 0 Å². The summed E-state index contributed by atoms with van der Waals surface area (Å²) in [6.07, 6.45) is 2.20. The molecule has 1 N–H and O–H groups in total. The molecule has 0 saturated heterocycles. The molecule has 4 nitrogen and oxygen atoms in total. The lowest BCUT2D eigenvalue weighted by molar-refractivity contribution is 0.156. The Bertz CT molecular complexity index is 269. The number of aliphatic hydroxyl groups is 1. The van der Waals surface area contributed by atoms with Crippen LogP contribution in [0.1, 0.15) is 17.8 Å². The van der Waals surface area contributed by atoms with Crippen molar-refractivity contribution >= 4 is 0 Å². The third-order valence-electron chi connectivity index (χ3n) is 2.17. The van der Waals surface area contributed by atoms with Gasteiger partial charge in [0.15, 0.2) is 0 Å². The highest BCUT2D eigenvalue weighted by atomic mass is 16.3. The van der Waals surface area contributed by atoms with Crippen molar-refractivity contribution in [1.29, 1.82) is 0 Å². The van der Waals surface area contributed by atoms with Gasteiger partial charge in [0, 0.05) is 13.5 Å². The van der Waals surface area contributed by atoms with Gasteiger partial charge in [0.2, 0.25) is 0 Å². The quantitative estimate of drug-likeness (QED) is 0.555. The highest BCUT2D eigenvalue weighted by Gasteiger charge is 2.20. The second-order valence-corrected chi connectivity index (χ2v) is 3.00. The molecular formula is C7H11N3O. The Morgan fingerprint density at radius 1 is 1.64 bits per heavy atom. The van der Waals surface area contributed by atoms with Gasteiger partial charge in [-0.25, -0.2) is 0 Å². The smallest absolute Gasteiger partial charge is 0.0884 e. The van der Waals surface area contributed by atoms with Gasteiger partial charge in [-0.1, -0.05) is 5.21 Å². The van der Waals surface area contributed by atoms with Gasteiger partial charge in [-0.15, -0.1) is 5.10 Å². The summed E-state index contributed by atoms with van der Waals surface area (Å²) in [5, 5.41) is 17.1. The average Bonchev–Trinajstić information content (AvgIpc) is 2.32. The summed E-state index contributed by atoms with van der Waals surface area (Å²) in [5.41, 5.74) is 2.14. The molecule has 1 aliphatic rings. The molecule has 1 aromatic heterocycles. The number of rotatable bonds is 0. The van der Waals surface area contributed by atoms with Crippen LogP contribution in [0.25, 0.3) is 0 Å². The van der Waals surface area contributed by atoms with E-state index in [-0.39, 0.29) is 6.10 Å².